The summed E-state index contributed by atoms with van der Waals surface area (Å²) in [5.41, 5.74) is 2.90. The Morgan fingerprint density at radius 2 is 1.81 bits per heavy atom. The molecule has 3 aromatic rings. The van der Waals surface area contributed by atoms with E-state index in [1.165, 1.54) is 12.1 Å². The van der Waals surface area contributed by atoms with Crippen molar-refractivity contribution in [1.82, 2.24) is 19.9 Å². The normalized spacial score (nSPS) is 14.8. The van der Waals surface area contributed by atoms with Gasteiger partial charge in [-0.25, -0.2) is 9.97 Å². The Bertz CT molecular complexity index is 924. The van der Waals surface area contributed by atoms with Gasteiger partial charge in [0.15, 0.2) is 5.82 Å². The van der Waals surface area contributed by atoms with Crippen molar-refractivity contribution in [3.05, 3.63) is 77.4 Å². The molecule has 7 heteroatoms. The zero-order chi connectivity index (χ0) is 18.9. The quantitative estimate of drug-likeness (QED) is 0.696. The Labute approximate surface area is 154 Å². The highest BCUT2D eigenvalue weighted by molar-refractivity contribution is 5.56. The number of fused-ring (bicyclic) bond motifs is 1. The number of pyridine rings is 1. The van der Waals surface area contributed by atoms with Gasteiger partial charge in [0.1, 0.15) is 0 Å². The molecule has 3 heterocycles. The molecule has 27 heavy (non-hydrogen) atoms. The molecule has 4 rings (SSSR count). The molecule has 138 valence electrons. The van der Waals surface area contributed by atoms with Gasteiger partial charge < -0.3 is 0 Å². The van der Waals surface area contributed by atoms with Gasteiger partial charge in [-0.3, -0.25) is 9.88 Å². The number of alkyl halides is 3. The lowest BCUT2D eigenvalue weighted by atomic mass is 10.1. The average molecular weight is 370 g/mol. The Kier molecular flexibility index (Phi) is 4.61. The molecular formula is C20H17F3N4. The zero-order valence-corrected chi connectivity index (χ0v) is 14.4. The van der Waals surface area contributed by atoms with Crippen molar-refractivity contribution in [3.63, 3.8) is 0 Å². The number of rotatable bonds is 3. The van der Waals surface area contributed by atoms with Crippen molar-refractivity contribution in [2.45, 2.75) is 25.7 Å². The van der Waals surface area contributed by atoms with Crippen molar-refractivity contribution in [2.24, 2.45) is 0 Å². The maximum Gasteiger partial charge on any atom is 0.416 e. The first-order valence-corrected chi connectivity index (χ1v) is 8.64. The molecular weight excluding hydrogens is 353 g/mol. The molecule has 0 spiro atoms. The Morgan fingerprint density at radius 1 is 1.00 bits per heavy atom. The van der Waals surface area contributed by atoms with E-state index in [2.05, 4.69) is 19.9 Å². The minimum atomic E-state index is -4.35. The van der Waals surface area contributed by atoms with E-state index in [9.17, 15) is 13.2 Å². The van der Waals surface area contributed by atoms with Crippen molar-refractivity contribution in [3.8, 4) is 11.4 Å². The van der Waals surface area contributed by atoms with Crippen molar-refractivity contribution in [2.75, 3.05) is 6.54 Å². The summed E-state index contributed by atoms with van der Waals surface area (Å²) in [4.78, 5) is 15.6. The first kappa shape index (κ1) is 17.6. The highest BCUT2D eigenvalue weighted by Gasteiger charge is 2.30. The van der Waals surface area contributed by atoms with Crippen LogP contribution in [0.3, 0.4) is 0 Å². The second-order valence-corrected chi connectivity index (χ2v) is 6.52. The van der Waals surface area contributed by atoms with Gasteiger partial charge >= 0.3 is 6.18 Å². The first-order valence-electron chi connectivity index (χ1n) is 8.64. The van der Waals surface area contributed by atoms with Crippen molar-refractivity contribution in [1.29, 1.82) is 0 Å². The summed E-state index contributed by atoms with van der Waals surface area (Å²) in [6.07, 6.45) is 0.0578. The second kappa shape index (κ2) is 7.08. The predicted molar refractivity (Wildman–Crippen MR) is 94.5 cm³/mol. The molecule has 0 saturated heterocycles. The van der Waals surface area contributed by atoms with Gasteiger partial charge in [-0.05, 0) is 36.2 Å². The van der Waals surface area contributed by atoms with E-state index in [1.54, 1.807) is 12.4 Å². The number of nitrogens with zero attached hydrogens (tertiary/aromatic N) is 4. The molecule has 0 unspecified atom stereocenters. The van der Waals surface area contributed by atoms with Crippen LogP contribution < -0.4 is 0 Å². The topological polar surface area (TPSA) is 41.9 Å². The highest BCUT2D eigenvalue weighted by Crippen LogP contribution is 2.30. The van der Waals surface area contributed by atoms with Crippen LogP contribution in [0.4, 0.5) is 13.2 Å². The second-order valence-electron chi connectivity index (χ2n) is 6.52. The van der Waals surface area contributed by atoms with Crippen LogP contribution >= 0.6 is 0 Å². The van der Waals surface area contributed by atoms with Gasteiger partial charge in [0.2, 0.25) is 0 Å². The molecule has 1 aromatic carbocycles. The molecule has 0 bridgehead atoms. The number of benzene rings is 1. The lowest BCUT2D eigenvalue weighted by Crippen LogP contribution is -2.31. The molecule has 4 nitrogen and oxygen atoms in total. The van der Waals surface area contributed by atoms with E-state index in [1.807, 2.05) is 18.2 Å². The first-order chi connectivity index (χ1) is 13.0. The van der Waals surface area contributed by atoms with Crippen LogP contribution in [0.15, 0.2) is 54.9 Å². The van der Waals surface area contributed by atoms with E-state index in [0.717, 1.165) is 48.6 Å². The molecule has 1 aliphatic heterocycles. The largest absolute Gasteiger partial charge is 0.416 e. The SMILES string of the molecule is FC(F)(F)c1ccc(-c2ncc3c(n2)CN(Cc2ccccn2)CC3)cc1. The van der Waals surface area contributed by atoms with Gasteiger partial charge in [0.25, 0.3) is 0 Å². The van der Waals surface area contributed by atoms with E-state index in [-0.39, 0.29) is 0 Å². The van der Waals surface area contributed by atoms with Crippen molar-refractivity contribution < 1.29 is 13.2 Å². The van der Waals surface area contributed by atoms with Gasteiger partial charge in [0, 0.05) is 37.6 Å². The van der Waals surface area contributed by atoms with Crippen LogP contribution in [0.5, 0.6) is 0 Å². The maximum atomic E-state index is 12.7. The van der Waals surface area contributed by atoms with Gasteiger partial charge in [0.05, 0.1) is 17.0 Å². The van der Waals surface area contributed by atoms with Crippen LogP contribution in [-0.4, -0.2) is 26.4 Å². The fraction of sp³-hybridized carbons (Fsp3) is 0.250. The number of hydrogen-bond donors (Lipinski definition) is 0. The molecule has 0 radical (unpaired) electrons. The van der Waals surface area contributed by atoms with Gasteiger partial charge in [-0.1, -0.05) is 18.2 Å². The fourth-order valence-corrected chi connectivity index (χ4v) is 3.16. The molecule has 0 atom stereocenters. The molecule has 0 fully saturated rings. The summed E-state index contributed by atoms with van der Waals surface area (Å²) in [5.74, 6) is 0.446. The molecule has 0 aliphatic carbocycles. The minimum Gasteiger partial charge on any atom is -0.291 e. The van der Waals surface area contributed by atoms with Crippen LogP contribution in [0.1, 0.15) is 22.5 Å². The predicted octanol–water partition coefficient (Wildman–Crippen LogP) is 4.12. The third kappa shape index (κ3) is 3.98. The highest BCUT2D eigenvalue weighted by atomic mass is 19.4. The standard InChI is InChI=1S/C20H17F3N4/c21-20(22,23)16-6-4-14(5-7-16)19-25-11-15-8-10-27(13-18(15)26-19)12-17-3-1-2-9-24-17/h1-7,9,11H,8,10,12-13H2. The van der Waals surface area contributed by atoms with Gasteiger partial charge in [-0.2, -0.15) is 13.2 Å². The van der Waals surface area contributed by atoms with E-state index < -0.39 is 11.7 Å². The van der Waals surface area contributed by atoms with E-state index in [0.29, 0.717) is 17.9 Å². The van der Waals surface area contributed by atoms with Crippen LogP contribution in [-0.2, 0) is 25.7 Å². The van der Waals surface area contributed by atoms with Gasteiger partial charge in [-0.15, -0.1) is 0 Å². The maximum absolute atomic E-state index is 12.7. The zero-order valence-electron chi connectivity index (χ0n) is 14.4. The third-order valence-corrected chi connectivity index (χ3v) is 4.61. The minimum absolute atomic E-state index is 0.446. The van der Waals surface area contributed by atoms with E-state index in [4.69, 9.17) is 0 Å². The van der Waals surface area contributed by atoms with E-state index >= 15 is 0 Å². The molecule has 0 amide bonds. The Hall–Kier alpha value is -2.80. The van der Waals surface area contributed by atoms with Crippen LogP contribution in [0.2, 0.25) is 0 Å². The third-order valence-electron chi connectivity index (χ3n) is 4.61. The summed E-state index contributed by atoms with van der Waals surface area (Å²) >= 11 is 0. The monoisotopic (exact) mass is 370 g/mol. The van der Waals surface area contributed by atoms with Crippen LogP contribution in [0, 0.1) is 0 Å². The average Bonchev–Trinajstić information content (AvgIpc) is 2.68. The Balaban J connectivity index is 1.54. The summed E-state index contributed by atoms with van der Waals surface area (Å²) in [6.45, 7) is 2.30. The summed E-state index contributed by atoms with van der Waals surface area (Å²) in [6, 6.07) is 10.8. The lowest BCUT2D eigenvalue weighted by Gasteiger charge is -2.27. The summed E-state index contributed by atoms with van der Waals surface area (Å²) < 4.78 is 38.2. The van der Waals surface area contributed by atoms with Crippen LogP contribution in [0.25, 0.3) is 11.4 Å². The number of aromatic nitrogens is 3. The Morgan fingerprint density at radius 3 is 2.52 bits per heavy atom. The number of hydrogen-bond acceptors (Lipinski definition) is 4. The molecule has 2 aromatic heterocycles. The molecule has 0 N–H and O–H groups in total. The molecule has 0 saturated carbocycles. The van der Waals surface area contributed by atoms with Crippen molar-refractivity contribution >= 4 is 0 Å². The lowest BCUT2D eigenvalue weighted by molar-refractivity contribution is -0.137. The summed E-state index contributed by atoms with van der Waals surface area (Å²) in [7, 11) is 0. The smallest absolute Gasteiger partial charge is 0.291 e. The number of halogens is 3. The molecule has 1 aliphatic rings. The fourth-order valence-electron chi connectivity index (χ4n) is 3.16. The summed E-state index contributed by atoms with van der Waals surface area (Å²) in [5, 5.41) is 0.